The zero-order valence-corrected chi connectivity index (χ0v) is 13.8. The maximum Gasteiger partial charge on any atom is 0.222 e. The van der Waals surface area contributed by atoms with Gasteiger partial charge < -0.3 is 10.1 Å². The summed E-state index contributed by atoms with van der Waals surface area (Å²) in [5, 5.41) is 5.52. The lowest BCUT2D eigenvalue weighted by atomic mass is 10.1. The van der Waals surface area contributed by atoms with Gasteiger partial charge in [0.2, 0.25) is 5.95 Å². The molecule has 0 aromatic carbocycles. The molecule has 0 bridgehead atoms. The van der Waals surface area contributed by atoms with Gasteiger partial charge in [-0.1, -0.05) is 6.07 Å². The number of hydrogen-bond donors (Lipinski definition) is 1. The van der Waals surface area contributed by atoms with Crippen molar-refractivity contribution in [2.24, 2.45) is 0 Å². The zero-order valence-electron chi connectivity index (χ0n) is 13.0. The quantitative estimate of drug-likeness (QED) is 0.918. The maximum absolute atomic E-state index is 5.67. The molecule has 118 valence electrons. The number of aryl methyl sites for hydroxylation is 1. The number of nitrogens with one attached hydrogen (secondary N) is 1. The van der Waals surface area contributed by atoms with E-state index < -0.39 is 0 Å². The van der Waals surface area contributed by atoms with Crippen LogP contribution in [0, 0.1) is 6.92 Å². The number of anilines is 1. The van der Waals surface area contributed by atoms with E-state index >= 15 is 0 Å². The summed E-state index contributed by atoms with van der Waals surface area (Å²) < 4.78 is 5.67. The average molecular weight is 318 g/mol. The van der Waals surface area contributed by atoms with Crippen LogP contribution in [0.25, 0.3) is 0 Å². The number of rotatable bonds is 5. The van der Waals surface area contributed by atoms with Crippen molar-refractivity contribution in [3.63, 3.8) is 0 Å². The molecule has 1 aliphatic rings. The molecule has 2 atom stereocenters. The van der Waals surface area contributed by atoms with Gasteiger partial charge in [0.05, 0.1) is 18.8 Å². The van der Waals surface area contributed by atoms with Crippen LogP contribution in [-0.4, -0.2) is 47.2 Å². The Balaban J connectivity index is 1.71. The van der Waals surface area contributed by atoms with Crippen molar-refractivity contribution in [2.45, 2.75) is 26.0 Å². The monoisotopic (exact) mass is 318 g/mol. The highest BCUT2D eigenvalue weighted by Gasteiger charge is 2.26. The van der Waals surface area contributed by atoms with E-state index in [2.05, 4.69) is 44.6 Å². The first kappa shape index (κ1) is 15.4. The van der Waals surface area contributed by atoms with Crippen LogP contribution in [0.4, 0.5) is 5.95 Å². The molecule has 1 fully saturated rings. The van der Waals surface area contributed by atoms with Gasteiger partial charge in [-0.05, 0) is 31.4 Å². The van der Waals surface area contributed by atoms with E-state index in [1.165, 1.54) is 4.88 Å². The topological polar surface area (TPSA) is 50.3 Å². The summed E-state index contributed by atoms with van der Waals surface area (Å²) in [5.74, 6) is 0.697. The van der Waals surface area contributed by atoms with Crippen LogP contribution in [0.1, 0.15) is 23.5 Å². The van der Waals surface area contributed by atoms with Crippen molar-refractivity contribution in [3.05, 3.63) is 40.3 Å². The van der Waals surface area contributed by atoms with Crippen LogP contribution in [0.3, 0.4) is 0 Å². The third-order valence-electron chi connectivity index (χ3n) is 3.83. The normalized spacial score (nSPS) is 20.7. The summed E-state index contributed by atoms with van der Waals surface area (Å²) in [4.78, 5) is 12.6. The summed E-state index contributed by atoms with van der Waals surface area (Å²) in [6.45, 7) is 7.63. The van der Waals surface area contributed by atoms with Gasteiger partial charge in [-0.15, -0.1) is 11.3 Å². The molecule has 1 N–H and O–H groups in total. The second-order valence-electron chi connectivity index (χ2n) is 5.61. The van der Waals surface area contributed by atoms with E-state index in [1.54, 1.807) is 17.5 Å². The van der Waals surface area contributed by atoms with E-state index in [9.17, 15) is 0 Å². The van der Waals surface area contributed by atoms with Gasteiger partial charge in [-0.3, -0.25) is 4.90 Å². The lowest BCUT2D eigenvalue weighted by molar-refractivity contribution is -0.0322. The first-order chi connectivity index (χ1) is 10.7. The van der Waals surface area contributed by atoms with Gasteiger partial charge in [0.1, 0.15) is 0 Å². The molecule has 0 spiro atoms. The summed E-state index contributed by atoms with van der Waals surface area (Å²) in [7, 11) is 0. The molecule has 3 rings (SSSR count). The van der Waals surface area contributed by atoms with Gasteiger partial charge in [-0.2, -0.15) is 0 Å². The molecule has 2 unspecified atom stereocenters. The lowest BCUT2D eigenvalue weighted by Gasteiger charge is -2.37. The second kappa shape index (κ2) is 7.17. The van der Waals surface area contributed by atoms with Gasteiger partial charge in [0.25, 0.3) is 0 Å². The fourth-order valence-electron chi connectivity index (χ4n) is 2.74. The third-order valence-corrected chi connectivity index (χ3v) is 4.81. The minimum Gasteiger partial charge on any atom is -0.376 e. The number of aromatic nitrogens is 2. The zero-order chi connectivity index (χ0) is 15.4. The lowest BCUT2D eigenvalue weighted by Crippen LogP contribution is -2.44. The van der Waals surface area contributed by atoms with Crippen LogP contribution in [-0.2, 0) is 4.74 Å². The molecule has 3 heterocycles. The fraction of sp³-hybridized carbons (Fsp3) is 0.500. The molecule has 22 heavy (non-hydrogen) atoms. The van der Waals surface area contributed by atoms with Crippen LogP contribution >= 0.6 is 11.3 Å². The Morgan fingerprint density at radius 2 is 2.41 bits per heavy atom. The van der Waals surface area contributed by atoms with Gasteiger partial charge in [0, 0.05) is 36.4 Å². The Morgan fingerprint density at radius 1 is 1.50 bits per heavy atom. The fourth-order valence-corrected chi connectivity index (χ4v) is 3.60. The molecule has 0 amide bonds. The molecular weight excluding hydrogens is 296 g/mol. The Hall–Kier alpha value is -1.50. The molecule has 1 aliphatic heterocycles. The predicted molar refractivity (Wildman–Crippen MR) is 89.3 cm³/mol. The number of thiophene rings is 1. The predicted octanol–water partition coefficient (Wildman–Crippen LogP) is 2.72. The smallest absolute Gasteiger partial charge is 0.222 e. The molecular formula is C16H22N4OS. The molecule has 0 saturated carbocycles. The van der Waals surface area contributed by atoms with E-state index in [0.29, 0.717) is 12.0 Å². The van der Waals surface area contributed by atoms with Crippen molar-refractivity contribution in [1.82, 2.24) is 14.9 Å². The van der Waals surface area contributed by atoms with Crippen molar-refractivity contribution in [1.29, 1.82) is 0 Å². The summed E-state index contributed by atoms with van der Waals surface area (Å²) in [6, 6.07) is 6.55. The molecule has 1 saturated heterocycles. The Kier molecular flexibility index (Phi) is 5.02. The summed E-state index contributed by atoms with van der Waals surface area (Å²) in [6.07, 6.45) is 2.08. The molecule has 2 aromatic heterocycles. The summed E-state index contributed by atoms with van der Waals surface area (Å²) >= 11 is 1.80. The molecule has 6 heteroatoms. The van der Waals surface area contributed by atoms with Gasteiger partial charge in [-0.25, -0.2) is 9.97 Å². The summed E-state index contributed by atoms with van der Waals surface area (Å²) in [5.41, 5.74) is 0.977. The number of ether oxygens (including phenoxy) is 1. The first-order valence-electron chi connectivity index (χ1n) is 7.65. The minimum absolute atomic E-state index is 0.284. The van der Waals surface area contributed by atoms with E-state index in [4.69, 9.17) is 4.74 Å². The van der Waals surface area contributed by atoms with Gasteiger partial charge in [0.15, 0.2) is 0 Å². The van der Waals surface area contributed by atoms with Crippen LogP contribution in [0.15, 0.2) is 29.8 Å². The van der Waals surface area contributed by atoms with Crippen molar-refractivity contribution >= 4 is 17.3 Å². The Labute approximate surface area is 135 Å². The molecule has 0 aliphatic carbocycles. The van der Waals surface area contributed by atoms with Gasteiger partial charge >= 0.3 is 0 Å². The van der Waals surface area contributed by atoms with Crippen LogP contribution in [0.2, 0.25) is 0 Å². The molecule has 0 radical (unpaired) electrons. The molecule has 5 nitrogen and oxygen atoms in total. The molecule has 2 aromatic rings. The third kappa shape index (κ3) is 3.82. The van der Waals surface area contributed by atoms with Crippen molar-refractivity contribution < 1.29 is 4.74 Å². The second-order valence-corrected chi connectivity index (χ2v) is 6.59. The number of morpholine rings is 1. The van der Waals surface area contributed by atoms with E-state index in [-0.39, 0.29) is 6.10 Å². The van der Waals surface area contributed by atoms with E-state index in [0.717, 1.165) is 31.9 Å². The van der Waals surface area contributed by atoms with Crippen molar-refractivity contribution in [3.8, 4) is 0 Å². The first-order valence-corrected chi connectivity index (χ1v) is 8.53. The van der Waals surface area contributed by atoms with Crippen molar-refractivity contribution in [2.75, 3.05) is 31.6 Å². The Bertz CT molecular complexity index is 590. The standard InChI is InChI=1S/C16H22N4OS/c1-12-5-6-17-16(19-12)18-10-14(15-4-3-9-22-15)20-7-8-21-13(2)11-20/h3-6,9,13-14H,7-8,10-11H2,1-2H3,(H,17,18,19). The van der Waals surface area contributed by atoms with Crippen LogP contribution in [0.5, 0.6) is 0 Å². The highest BCUT2D eigenvalue weighted by molar-refractivity contribution is 7.10. The SMILES string of the molecule is Cc1ccnc(NCC(c2cccs2)N2CCOC(C)C2)n1. The largest absolute Gasteiger partial charge is 0.376 e. The number of nitrogens with zero attached hydrogens (tertiary/aromatic N) is 3. The highest BCUT2D eigenvalue weighted by Crippen LogP contribution is 2.27. The van der Waals surface area contributed by atoms with Crippen LogP contribution < -0.4 is 5.32 Å². The highest BCUT2D eigenvalue weighted by atomic mass is 32.1. The van der Waals surface area contributed by atoms with E-state index in [1.807, 2.05) is 13.0 Å². The average Bonchev–Trinajstić information content (AvgIpc) is 3.02. The minimum atomic E-state index is 0.284. The Morgan fingerprint density at radius 3 is 3.14 bits per heavy atom. The maximum atomic E-state index is 5.67. The number of hydrogen-bond acceptors (Lipinski definition) is 6.